The van der Waals surface area contributed by atoms with Crippen LogP contribution in [0.5, 0.6) is 0 Å². The number of fused-ring (bicyclic) bond motifs is 8. The van der Waals surface area contributed by atoms with Crippen LogP contribution in [0.3, 0.4) is 0 Å². The molecule has 3 aliphatic carbocycles. The van der Waals surface area contributed by atoms with Crippen LogP contribution >= 0.6 is 0 Å². The minimum absolute atomic E-state index is 0.00440. The molecule has 2 atom stereocenters. The van der Waals surface area contributed by atoms with Gasteiger partial charge in [0.2, 0.25) is 0 Å². The molecule has 10 rings (SSSR count). The van der Waals surface area contributed by atoms with Crippen LogP contribution in [0.15, 0.2) is 174 Å². The summed E-state index contributed by atoms with van der Waals surface area (Å²) in [6.07, 6.45) is 16.2. The zero-order valence-corrected chi connectivity index (χ0v) is 29.0. The molecule has 0 aliphatic heterocycles. The highest BCUT2D eigenvalue weighted by Gasteiger charge is 2.45. The van der Waals surface area contributed by atoms with Crippen molar-refractivity contribution in [2.45, 2.75) is 38.0 Å². The summed E-state index contributed by atoms with van der Waals surface area (Å²) in [5.74, 6) is 0.697. The Hall–Kier alpha value is -5.86. The zero-order valence-electron chi connectivity index (χ0n) is 29.0. The molecule has 2 nitrogen and oxygen atoms in total. The van der Waals surface area contributed by atoms with E-state index in [1.165, 1.54) is 44.5 Å². The van der Waals surface area contributed by atoms with Crippen LogP contribution in [0, 0.1) is 5.92 Å². The predicted octanol–water partition coefficient (Wildman–Crippen LogP) is 13.4. The molecular formula is C49H39NO. The first kappa shape index (κ1) is 30.0. The molecule has 0 spiro atoms. The van der Waals surface area contributed by atoms with E-state index in [-0.39, 0.29) is 5.41 Å². The van der Waals surface area contributed by atoms with Gasteiger partial charge in [0.05, 0.1) is 11.1 Å². The van der Waals surface area contributed by atoms with E-state index in [4.69, 9.17) is 4.42 Å². The smallest absolute Gasteiger partial charge is 0.143 e. The van der Waals surface area contributed by atoms with Crippen molar-refractivity contribution in [3.8, 4) is 11.1 Å². The van der Waals surface area contributed by atoms with Crippen molar-refractivity contribution in [2.24, 2.45) is 5.92 Å². The van der Waals surface area contributed by atoms with Crippen molar-refractivity contribution in [3.05, 3.63) is 186 Å². The molecule has 0 amide bonds. The van der Waals surface area contributed by atoms with E-state index < -0.39 is 0 Å². The summed E-state index contributed by atoms with van der Waals surface area (Å²) < 4.78 is 6.85. The van der Waals surface area contributed by atoms with Crippen LogP contribution in [-0.2, 0) is 5.41 Å². The molecule has 3 aliphatic rings. The van der Waals surface area contributed by atoms with Gasteiger partial charge < -0.3 is 9.32 Å². The molecule has 51 heavy (non-hydrogen) atoms. The molecule has 2 heteroatoms. The minimum atomic E-state index is 0.00440. The monoisotopic (exact) mass is 657 g/mol. The van der Waals surface area contributed by atoms with Gasteiger partial charge in [0.1, 0.15) is 11.2 Å². The Morgan fingerprint density at radius 1 is 0.725 bits per heavy atom. The third-order valence-corrected chi connectivity index (χ3v) is 11.6. The number of hydrogen-bond donors (Lipinski definition) is 0. The molecule has 0 bridgehead atoms. The van der Waals surface area contributed by atoms with E-state index in [1.54, 1.807) is 0 Å². The van der Waals surface area contributed by atoms with Gasteiger partial charge in [-0.2, -0.15) is 0 Å². The Bertz CT molecular complexity index is 2610. The van der Waals surface area contributed by atoms with E-state index in [9.17, 15) is 0 Å². The molecule has 0 saturated carbocycles. The molecule has 7 aromatic rings. The SMILES string of the molecule is CC1(C)c2ccccc2C2C=CC(N(c3ccc(-c4ccccc4)cc3)c3cccc4oc5c6ccccc6c(C6=CC=CCC6)cc5c34)=CC21. The topological polar surface area (TPSA) is 16.4 Å². The van der Waals surface area contributed by atoms with E-state index in [0.717, 1.165) is 51.5 Å². The van der Waals surface area contributed by atoms with Crippen LogP contribution in [0.25, 0.3) is 49.4 Å². The van der Waals surface area contributed by atoms with Gasteiger partial charge >= 0.3 is 0 Å². The summed E-state index contributed by atoms with van der Waals surface area (Å²) in [6, 6.07) is 46.4. The lowest BCUT2D eigenvalue weighted by Gasteiger charge is -2.35. The molecule has 1 aromatic heterocycles. The molecule has 0 radical (unpaired) electrons. The Kier molecular flexibility index (Phi) is 6.83. The third kappa shape index (κ3) is 4.70. The summed E-state index contributed by atoms with van der Waals surface area (Å²) >= 11 is 0. The number of furan rings is 1. The number of rotatable bonds is 5. The quantitative estimate of drug-likeness (QED) is 0.183. The molecule has 6 aromatic carbocycles. The van der Waals surface area contributed by atoms with E-state index in [2.05, 4.69) is 183 Å². The van der Waals surface area contributed by atoms with Gasteiger partial charge in [0.25, 0.3) is 0 Å². The van der Waals surface area contributed by atoms with Crippen LogP contribution < -0.4 is 4.90 Å². The van der Waals surface area contributed by atoms with Crippen LogP contribution in [0.1, 0.15) is 49.3 Å². The van der Waals surface area contributed by atoms with Gasteiger partial charge in [0.15, 0.2) is 0 Å². The summed E-state index contributed by atoms with van der Waals surface area (Å²) in [7, 11) is 0. The Balaban J connectivity index is 1.21. The lowest BCUT2D eigenvalue weighted by Crippen LogP contribution is -2.28. The fraction of sp³-hybridized carbons (Fsp3) is 0.143. The molecular weight excluding hydrogens is 619 g/mol. The van der Waals surface area contributed by atoms with Gasteiger partial charge in [0, 0.05) is 28.1 Å². The van der Waals surface area contributed by atoms with Crippen molar-refractivity contribution < 1.29 is 4.42 Å². The van der Waals surface area contributed by atoms with Crippen LogP contribution in [-0.4, -0.2) is 0 Å². The largest absolute Gasteiger partial charge is 0.455 e. The standard InChI is InChI=1S/C49H39NO/c1-49(2)43-21-12-11-19-38(43)39-29-28-36(30-44(39)49)50(35-26-24-33(25-27-35)32-14-5-3-6-15-32)45-22-13-23-46-47(45)42-31-41(34-16-7-4-8-17-34)37-18-9-10-20-40(37)48(42)51-46/h3-7,9-16,18-31,39,44H,8,17H2,1-2H3. The number of allylic oxidation sites excluding steroid dienone is 7. The fourth-order valence-corrected chi connectivity index (χ4v) is 9.09. The predicted molar refractivity (Wildman–Crippen MR) is 215 cm³/mol. The highest BCUT2D eigenvalue weighted by molar-refractivity contribution is 6.21. The van der Waals surface area contributed by atoms with Gasteiger partial charge in [-0.3, -0.25) is 0 Å². The average Bonchev–Trinajstić information content (AvgIpc) is 3.68. The maximum atomic E-state index is 6.85. The second kappa shape index (κ2) is 11.6. The number of hydrogen-bond acceptors (Lipinski definition) is 2. The van der Waals surface area contributed by atoms with Gasteiger partial charge in [-0.05, 0) is 99.4 Å². The second-order valence-corrected chi connectivity index (χ2v) is 14.8. The van der Waals surface area contributed by atoms with E-state index in [0.29, 0.717) is 11.8 Å². The Morgan fingerprint density at radius 2 is 1.49 bits per heavy atom. The molecule has 0 fully saturated rings. The molecule has 246 valence electrons. The minimum Gasteiger partial charge on any atom is -0.455 e. The highest BCUT2D eigenvalue weighted by Crippen LogP contribution is 2.54. The zero-order chi connectivity index (χ0) is 34.1. The normalized spacial score (nSPS) is 18.9. The average molecular weight is 658 g/mol. The lowest BCUT2D eigenvalue weighted by atomic mass is 9.74. The number of anilines is 2. The number of nitrogens with zero attached hydrogens (tertiary/aromatic N) is 1. The van der Waals surface area contributed by atoms with E-state index >= 15 is 0 Å². The Morgan fingerprint density at radius 3 is 2.31 bits per heavy atom. The maximum Gasteiger partial charge on any atom is 0.143 e. The van der Waals surface area contributed by atoms with Gasteiger partial charge in [-0.25, -0.2) is 0 Å². The van der Waals surface area contributed by atoms with Crippen LogP contribution in [0.4, 0.5) is 11.4 Å². The summed E-state index contributed by atoms with van der Waals surface area (Å²) in [4.78, 5) is 2.47. The summed E-state index contributed by atoms with van der Waals surface area (Å²) in [5, 5.41) is 4.70. The third-order valence-electron chi connectivity index (χ3n) is 11.6. The first-order valence-corrected chi connectivity index (χ1v) is 18.2. The molecule has 0 saturated heterocycles. The van der Waals surface area contributed by atoms with Gasteiger partial charge in [-0.1, -0.05) is 141 Å². The molecule has 1 heterocycles. The Labute approximate surface area is 299 Å². The van der Waals surface area contributed by atoms with E-state index in [1.807, 2.05) is 0 Å². The van der Waals surface area contributed by atoms with Crippen LogP contribution in [0.2, 0.25) is 0 Å². The summed E-state index contributed by atoms with van der Waals surface area (Å²) in [6.45, 7) is 4.82. The molecule has 0 N–H and O–H groups in total. The van der Waals surface area contributed by atoms with Crippen molar-refractivity contribution >= 4 is 49.7 Å². The number of benzene rings is 6. The maximum absolute atomic E-state index is 6.85. The van der Waals surface area contributed by atoms with Crippen molar-refractivity contribution in [2.75, 3.05) is 4.90 Å². The van der Waals surface area contributed by atoms with Gasteiger partial charge in [-0.15, -0.1) is 0 Å². The summed E-state index contributed by atoms with van der Waals surface area (Å²) in [5.41, 5.74) is 13.3. The fourth-order valence-electron chi connectivity index (χ4n) is 9.09. The molecule has 2 unspecified atom stereocenters. The first-order chi connectivity index (χ1) is 25.1. The van der Waals surface area contributed by atoms with Crippen molar-refractivity contribution in [3.63, 3.8) is 0 Å². The highest BCUT2D eigenvalue weighted by atomic mass is 16.3. The van der Waals surface area contributed by atoms with Crippen molar-refractivity contribution in [1.29, 1.82) is 0 Å². The first-order valence-electron chi connectivity index (χ1n) is 18.2. The second-order valence-electron chi connectivity index (χ2n) is 14.8. The lowest BCUT2D eigenvalue weighted by molar-refractivity contribution is 0.392. The van der Waals surface area contributed by atoms with Crippen molar-refractivity contribution in [1.82, 2.24) is 0 Å².